The SMILES string of the molecule is Nc1ccc2[nH]c(=O)n(C(=O)c3ccccc3Br)c2c1. The average molecular weight is 332 g/mol. The summed E-state index contributed by atoms with van der Waals surface area (Å²) in [4.78, 5) is 27.2. The Morgan fingerprint density at radius 2 is 1.95 bits per heavy atom. The van der Waals surface area contributed by atoms with Gasteiger partial charge in [-0.15, -0.1) is 0 Å². The predicted octanol–water partition coefficient (Wildman–Crippen LogP) is 2.36. The fraction of sp³-hybridized carbons (Fsp3) is 0. The van der Waals surface area contributed by atoms with E-state index in [9.17, 15) is 9.59 Å². The van der Waals surface area contributed by atoms with Crippen LogP contribution in [0.3, 0.4) is 0 Å². The summed E-state index contributed by atoms with van der Waals surface area (Å²) in [5.41, 5.74) is 7.19. The third-order valence-electron chi connectivity index (χ3n) is 3.01. The van der Waals surface area contributed by atoms with Crippen molar-refractivity contribution in [2.24, 2.45) is 0 Å². The summed E-state index contributed by atoms with van der Waals surface area (Å²) in [6, 6.07) is 11.9. The smallest absolute Gasteiger partial charge is 0.333 e. The second-order valence-corrected chi connectivity index (χ2v) is 5.18. The number of halogens is 1. The molecule has 100 valence electrons. The van der Waals surface area contributed by atoms with Gasteiger partial charge in [0.15, 0.2) is 0 Å². The molecule has 0 spiro atoms. The number of H-pyrrole nitrogens is 1. The summed E-state index contributed by atoms with van der Waals surface area (Å²) in [5.74, 6) is -0.403. The van der Waals surface area contributed by atoms with E-state index in [-0.39, 0.29) is 0 Å². The highest BCUT2D eigenvalue weighted by molar-refractivity contribution is 9.10. The van der Waals surface area contributed by atoms with E-state index in [0.29, 0.717) is 26.8 Å². The molecule has 6 heteroatoms. The van der Waals surface area contributed by atoms with Crippen molar-refractivity contribution in [1.29, 1.82) is 0 Å². The molecule has 0 radical (unpaired) electrons. The molecule has 3 rings (SSSR count). The van der Waals surface area contributed by atoms with Crippen LogP contribution < -0.4 is 11.4 Å². The van der Waals surface area contributed by atoms with Gasteiger partial charge in [-0.1, -0.05) is 12.1 Å². The fourth-order valence-electron chi connectivity index (χ4n) is 2.08. The molecule has 0 fully saturated rings. The maximum absolute atomic E-state index is 12.5. The number of nitrogens with two attached hydrogens (primary N) is 1. The first-order chi connectivity index (χ1) is 9.58. The van der Waals surface area contributed by atoms with Crippen molar-refractivity contribution in [1.82, 2.24) is 9.55 Å². The molecule has 3 aromatic rings. The Balaban J connectivity index is 2.27. The standard InChI is InChI=1S/C14H10BrN3O2/c15-10-4-2-1-3-9(10)13(19)18-12-7-8(16)5-6-11(12)17-14(18)20/h1-7H,16H2,(H,17,20). The zero-order chi connectivity index (χ0) is 14.3. The highest BCUT2D eigenvalue weighted by atomic mass is 79.9. The quantitative estimate of drug-likeness (QED) is 0.671. The Bertz CT molecular complexity index is 880. The monoisotopic (exact) mass is 331 g/mol. The number of nitrogens with zero attached hydrogens (tertiary/aromatic N) is 1. The van der Waals surface area contributed by atoms with Crippen molar-refractivity contribution in [2.75, 3.05) is 5.73 Å². The van der Waals surface area contributed by atoms with Crippen molar-refractivity contribution in [2.45, 2.75) is 0 Å². The van der Waals surface area contributed by atoms with E-state index in [1.807, 2.05) is 0 Å². The molecule has 0 aliphatic rings. The van der Waals surface area contributed by atoms with Crippen LogP contribution in [0.2, 0.25) is 0 Å². The van der Waals surface area contributed by atoms with E-state index in [1.54, 1.807) is 42.5 Å². The van der Waals surface area contributed by atoms with Crippen LogP contribution in [0.5, 0.6) is 0 Å². The van der Waals surface area contributed by atoms with Gasteiger partial charge in [-0.25, -0.2) is 9.36 Å². The number of hydrogen-bond acceptors (Lipinski definition) is 3. The molecule has 0 saturated carbocycles. The van der Waals surface area contributed by atoms with E-state index in [2.05, 4.69) is 20.9 Å². The number of imidazole rings is 1. The number of carbonyl (C=O) groups is 1. The largest absolute Gasteiger partial charge is 0.399 e. The van der Waals surface area contributed by atoms with E-state index >= 15 is 0 Å². The third kappa shape index (κ3) is 1.94. The van der Waals surface area contributed by atoms with Gasteiger partial charge in [0.25, 0.3) is 5.91 Å². The molecule has 1 heterocycles. The molecular formula is C14H10BrN3O2. The molecule has 0 aliphatic heterocycles. The van der Waals surface area contributed by atoms with Crippen LogP contribution in [0.15, 0.2) is 51.7 Å². The van der Waals surface area contributed by atoms with E-state index < -0.39 is 11.6 Å². The number of rotatable bonds is 1. The van der Waals surface area contributed by atoms with Crippen molar-refractivity contribution in [3.8, 4) is 0 Å². The third-order valence-corrected chi connectivity index (χ3v) is 3.71. The average Bonchev–Trinajstić information content (AvgIpc) is 2.74. The van der Waals surface area contributed by atoms with Gasteiger partial charge >= 0.3 is 5.69 Å². The van der Waals surface area contributed by atoms with Crippen LogP contribution >= 0.6 is 15.9 Å². The van der Waals surface area contributed by atoms with Gasteiger partial charge in [0.05, 0.1) is 16.6 Å². The van der Waals surface area contributed by atoms with Gasteiger partial charge < -0.3 is 10.7 Å². The van der Waals surface area contributed by atoms with Crippen LogP contribution in [0.1, 0.15) is 10.4 Å². The number of anilines is 1. The van der Waals surface area contributed by atoms with Crippen LogP contribution in [0.4, 0.5) is 5.69 Å². The minimum absolute atomic E-state index is 0.403. The molecular weight excluding hydrogens is 322 g/mol. The Kier molecular flexibility index (Phi) is 2.94. The lowest BCUT2D eigenvalue weighted by Crippen LogP contribution is -2.25. The molecule has 1 aromatic heterocycles. The lowest BCUT2D eigenvalue weighted by atomic mass is 10.2. The van der Waals surface area contributed by atoms with Crippen LogP contribution in [-0.2, 0) is 0 Å². The number of aromatic nitrogens is 2. The Labute approximate surface area is 122 Å². The number of carbonyl (C=O) groups excluding carboxylic acids is 1. The highest BCUT2D eigenvalue weighted by Crippen LogP contribution is 2.20. The summed E-state index contributed by atoms with van der Waals surface area (Å²) in [6.07, 6.45) is 0. The van der Waals surface area contributed by atoms with Gasteiger partial charge in [-0.3, -0.25) is 4.79 Å². The molecule has 0 atom stereocenters. The summed E-state index contributed by atoms with van der Waals surface area (Å²) >= 11 is 3.31. The van der Waals surface area contributed by atoms with Gasteiger partial charge in [0, 0.05) is 10.2 Å². The maximum atomic E-state index is 12.5. The second-order valence-electron chi connectivity index (χ2n) is 4.33. The minimum Gasteiger partial charge on any atom is -0.399 e. The number of nitrogens with one attached hydrogen (secondary N) is 1. The summed E-state index contributed by atoms with van der Waals surface area (Å²) in [6.45, 7) is 0. The van der Waals surface area contributed by atoms with Crippen molar-refractivity contribution in [3.05, 3.63) is 63.0 Å². The van der Waals surface area contributed by atoms with Crippen molar-refractivity contribution >= 4 is 38.6 Å². The van der Waals surface area contributed by atoms with E-state index in [0.717, 1.165) is 4.57 Å². The summed E-state index contributed by atoms with van der Waals surface area (Å²) in [5, 5.41) is 0. The van der Waals surface area contributed by atoms with Gasteiger partial charge in [0.2, 0.25) is 0 Å². The molecule has 3 N–H and O–H groups in total. The molecule has 0 amide bonds. The first-order valence-corrected chi connectivity index (χ1v) is 6.67. The van der Waals surface area contributed by atoms with E-state index in [4.69, 9.17) is 5.73 Å². The number of nitrogen functional groups attached to an aromatic ring is 1. The number of fused-ring (bicyclic) bond motifs is 1. The normalized spacial score (nSPS) is 10.8. The molecule has 5 nitrogen and oxygen atoms in total. The van der Waals surface area contributed by atoms with Crippen molar-refractivity contribution < 1.29 is 4.79 Å². The van der Waals surface area contributed by atoms with Crippen LogP contribution in [-0.4, -0.2) is 15.5 Å². The molecule has 0 unspecified atom stereocenters. The van der Waals surface area contributed by atoms with E-state index in [1.165, 1.54) is 0 Å². The first-order valence-electron chi connectivity index (χ1n) is 5.87. The fourth-order valence-corrected chi connectivity index (χ4v) is 2.53. The highest BCUT2D eigenvalue weighted by Gasteiger charge is 2.17. The summed E-state index contributed by atoms with van der Waals surface area (Å²) in [7, 11) is 0. The molecule has 0 saturated heterocycles. The Hall–Kier alpha value is -2.34. The molecule has 0 aliphatic carbocycles. The van der Waals surface area contributed by atoms with Crippen molar-refractivity contribution in [3.63, 3.8) is 0 Å². The Morgan fingerprint density at radius 3 is 2.70 bits per heavy atom. The summed E-state index contributed by atoms with van der Waals surface area (Å²) < 4.78 is 1.72. The Morgan fingerprint density at radius 1 is 1.20 bits per heavy atom. The molecule has 2 aromatic carbocycles. The predicted molar refractivity (Wildman–Crippen MR) is 80.8 cm³/mol. The van der Waals surface area contributed by atoms with Gasteiger partial charge in [0.1, 0.15) is 0 Å². The number of hydrogen-bond donors (Lipinski definition) is 2. The van der Waals surface area contributed by atoms with Gasteiger partial charge in [-0.05, 0) is 46.3 Å². The van der Waals surface area contributed by atoms with Crippen LogP contribution in [0, 0.1) is 0 Å². The molecule has 20 heavy (non-hydrogen) atoms. The lowest BCUT2D eigenvalue weighted by Gasteiger charge is -2.04. The topological polar surface area (TPSA) is 80.9 Å². The zero-order valence-electron chi connectivity index (χ0n) is 10.3. The number of benzene rings is 2. The second kappa shape index (κ2) is 4.64. The minimum atomic E-state index is -0.480. The first kappa shape index (κ1) is 12.7. The number of aromatic amines is 1. The molecule has 0 bridgehead atoms. The zero-order valence-corrected chi connectivity index (χ0v) is 11.8. The van der Waals surface area contributed by atoms with Crippen LogP contribution in [0.25, 0.3) is 11.0 Å². The van der Waals surface area contributed by atoms with Gasteiger partial charge in [-0.2, -0.15) is 0 Å². The lowest BCUT2D eigenvalue weighted by molar-refractivity contribution is 0.0960. The maximum Gasteiger partial charge on any atom is 0.333 e.